The summed E-state index contributed by atoms with van der Waals surface area (Å²) < 4.78 is 11.0. The van der Waals surface area contributed by atoms with E-state index in [-0.39, 0.29) is 11.7 Å². The van der Waals surface area contributed by atoms with Crippen LogP contribution in [0, 0.1) is 0 Å². The van der Waals surface area contributed by atoms with Gasteiger partial charge in [0, 0.05) is 29.3 Å². The zero-order valence-electron chi connectivity index (χ0n) is 16.6. The molecule has 1 aliphatic heterocycles. The molecule has 1 N–H and O–H groups in total. The number of Topliss-reactive ketones (excluding diaryl/α,β-unsaturated/α-hetero) is 1. The van der Waals surface area contributed by atoms with E-state index in [1.165, 1.54) is 10.8 Å². The van der Waals surface area contributed by atoms with E-state index in [0.29, 0.717) is 17.9 Å². The molecule has 0 saturated carbocycles. The summed E-state index contributed by atoms with van der Waals surface area (Å²) in [6, 6.07) is 18.6. The zero-order chi connectivity index (χ0) is 20.0. The van der Waals surface area contributed by atoms with Gasteiger partial charge in [0.25, 0.3) is 0 Å². The maximum Gasteiger partial charge on any atom is 0.161 e. The number of hydrogen-bond acceptors (Lipinski definition) is 4. The topological polar surface area (TPSA) is 47.6 Å². The molecule has 29 heavy (non-hydrogen) atoms. The van der Waals surface area contributed by atoms with E-state index < -0.39 is 0 Å². The molecule has 0 saturated heterocycles. The van der Waals surface area contributed by atoms with Gasteiger partial charge in [-0.15, -0.1) is 0 Å². The molecule has 3 aromatic rings. The Bertz CT molecular complexity index is 1160. The fourth-order valence-electron chi connectivity index (χ4n) is 4.72. The van der Waals surface area contributed by atoms with Crippen molar-refractivity contribution in [2.24, 2.45) is 0 Å². The minimum Gasteiger partial charge on any atom is -0.493 e. The van der Waals surface area contributed by atoms with Crippen molar-refractivity contribution in [1.82, 2.24) is 0 Å². The summed E-state index contributed by atoms with van der Waals surface area (Å²) in [6.07, 6.45) is 2.40. The lowest BCUT2D eigenvalue weighted by molar-refractivity contribution is -0.116. The number of ketones is 1. The first kappa shape index (κ1) is 17.8. The lowest BCUT2D eigenvalue weighted by Gasteiger charge is -2.35. The third kappa shape index (κ3) is 2.79. The number of carbonyl (C=O) groups excluding carboxylic acids is 1. The second kappa shape index (κ2) is 6.96. The molecule has 1 aliphatic carbocycles. The Labute approximate surface area is 170 Å². The monoisotopic (exact) mass is 385 g/mol. The van der Waals surface area contributed by atoms with Crippen LogP contribution in [0.2, 0.25) is 0 Å². The van der Waals surface area contributed by atoms with Crippen LogP contribution in [-0.2, 0) is 4.79 Å². The first-order chi connectivity index (χ1) is 14.2. The molecule has 0 bridgehead atoms. The van der Waals surface area contributed by atoms with E-state index in [0.717, 1.165) is 40.9 Å². The van der Waals surface area contributed by atoms with Crippen LogP contribution < -0.4 is 14.8 Å². The third-order valence-electron chi connectivity index (χ3n) is 6.03. The molecular formula is C25H23NO3. The molecule has 5 rings (SSSR count). The molecule has 4 heteroatoms. The molecule has 0 fully saturated rings. The van der Waals surface area contributed by atoms with Gasteiger partial charge in [-0.05, 0) is 52.9 Å². The Hall–Kier alpha value is -3.27. The van der Waals surface area contributed by atoms with Crippen LogP contribution >= 0.6 is 0 Å². The normalized spacial score (nSPS) is 18.1. The molecule has 0 unspecified atom stereocenters. The molecule has 146 valence electrons. The molecule has 0 radical (unpaired) electrons. The first-order valence-electron chi connectivity index (χ1n) is 9.98. The van der Waals surface area contributed by atoms with Crippen LogP contribution in [0.4, 0.5) is 5.69 Å². The molecule has 3 aromatic carbocycles. The van der Waals surface area contributed by atoms with Gasteiger partial charge in [-0.25, -0.2) is 0 Å². The number of methoxy groups -OCH3 is 2. The van der Waals surface area contributed by atoms with Crippen molar-refractivity contribution in [3.63, 3.8) is 0 Å². The van der Waals surface area contributed by atoms with Crippen LogP contribution in [0.5, 0.6) is 11.5 Å². The Morgan fingerprint density at radius 2 is 1.76 bits per heavy atom. The molecule has 1 heterocycles. The lowest BCUT2D eigenvalue weighted by atomic mass is 9.74. The number of anilines is 1. The van der Waals surface area contributed by atoms with Crippen LogP contribution in [0.3, 0.4) is 0 Å². The van der Waals surface area contributed by atoms with Crippen molar-refractivity contribution in [2.45, 2.75) is 25.2 Å². The average Bonchev–Trinajstić information content (AvgIpc) is 2.77. The zero-order valence-corrected chi connectivity index (χ0v) is 16.6. The van der Waals surface area contributed by atoms with E-state index in [1.54, 1.807) is 14.2 Å². The molecule has 0 amide bonds. The Morgan fingerprint density at radius 3 is 2.59 bits per heavy atom. The van der Waals surface area contributed by atoms with Crippen molar-refractivity contribution in [2.75, 3.05) is 19.5 Å². The number of hydrogen-bond donors (Lipinski definition) is 1. The maximum atomic E-state index is 13.1. The van der Waals surface area contributed by atoms with Gasteiger partial charge in [-0.2, -0.15) is 0 Å². The van der Waals surface area contributed by atoms with Gasteiger partial charge in [-0.1, -0.05) is 36.4 Å². The summed E-state index contributed by atoms with van der Waals surface area (Å²) in [5.41, 5.74) is 5.24. The van der Waals surface area contributed by atoms with Crippen molar-refractivity contribution in [3.8, 4) is 11.5 Å². The summed E-state index contributed by atoms with van der Waals surface area (Å²) in [5, 5.41) is 5.92. The quantitative estimate of drug-likeness (QED) is 0.654. The number of benzene rings is 3. The number of rotatable bonds is 3. The van der Waals surface area contributed by atoms with E-state index in [4.69, 9.17) is 9.47 Å². The largest absolute Gasteiger partial charge is 0.493 e. The fourth-order valence-corrected chi connectivity index (χ4v) is 4.72. The average molecular weight is 385 g/mol. The van der Waals surface area contributed by atoms with Crippen molar-refractivity contribution >= 4 is 22.2 Å². The predicted octanol–water partition coefficient (Wildman–Crippen LogP) is 5.42. The van der Waals surface area contributed by atoms with Gasteiger partial charge in [0.1, 0.15) is 0 Å². The number of ether oxygens (including phenoxy) is 2. The van der Waals surface area contributed by atoms with Crippen molar-refractivity contribution < 1.29 is 14.3 Å². The van der Waals surface area contributed by atoms with Gasteiger partial charge in [0.05, 0.1) is 14.2 Å². The van der Waals surface area contributed by atoms with Gasteiger partial charge in [0.15, 0.2) is 17.3 Å². The number of allylic oxidation sites excluding steroid dienone is 2. The van der Waals surface area contributed by atoms with Gasteiger partial charge >= 0.3 is 0 Å². The summed E-state index contributed by atoms with van der Waals surface area (Å²) in [6.45, 7) is 0. The smallest absolute Gasteiger partial charge is 0.161 e. The minimum atomic E-state index is -0.125. The van der Waals surface area contributed by atoms with Gasteiger partial charge in [0.2, 0.25) is 0 Å². The van der Waals surface area contributed by atoms with Crippen LogP contribution in [0.25, 0.3) is 10.8 Å². The van der Waals surface area contributed by atoms with E-state index >= 15 is 0 Å². The highest BCUT2D eigenvalue weighted by atomic mass is 16.5. The number of carbonyl (C=O) groups is 1. The van der Waals surface area contributed by atoms with Crippen LogP contribution in [-0.4, -0.2) is 20.0 Å². The summed E-state index contributed by atoms with van der Waals surface area (Å²) >= 11 is 0. The van der Waals surface area contributed by atoms with Crippen LogP contribution in [0.15, 0.2) is 65.9 Å². The molecule has 4 nitrogen and oxygen atoms in total. The van der Waals surface area contributed by atoms with Gasteiger partial charge in [-0.3, -0.25) is 4.79 Å². The fraction of sp³-hybridized carbons (Fsp3) is 0.240. The summed E-state index contributed by atoms with van der Waals surface area (Å²) in [5.74, 6) is 1.47. The summed E-state index contributed by atoms with van der Waals surface area (Å²) in [7, 11) is 3.28. The highest BCUT2D eigenvalue weighted by molar-refractivity contribution is 6.04. The molecule has 0 aromatic heterocycles. The van der Waals surface area contributed by atoms with E-state index in [2.05, 4.69) is 41.7 Å². The molecular weight excluding hydrogens is 362 g/mol. The first-order valence-corrected chi connectivity index (χ1v) is 9.98. The van der Waals surface area contributed by atoms with Crippen molar-refractivity contribution in [3.05, 3.63) is 77.0 Å². The molecule has 1 atom stereocenters. The standard InChI is InChI=1S/C25H23NO3/c1-28-21-13-11-16(14-22(21)29-2)23-24-17-7-4-3-6-15(17)10-12-19(24)26-18-8-5-9-20(27)25(18)23/h3-4,6-7,10-14,23,26H,5,8-9H2,1-2H3/t23-/m0/s1. The Balaban J connectivity index is 1.81. The highest BCUT2D eigenvalue weighted by Gasteiger charge is 2.36. The Morgan fingerprint density at radius 1 is 0.931 bits per heavy atom. The SMILES string of the molecule is COc1ccc([C@@H]2C3=C(CCCC3=O)Nc3ccc4ccccc4c32)cc1OC. The van der Waals surface area contributed by atoms with Gasteiger partial charge < -0.3 is 14.8 Å². The molecule has 0 spiro atoms. The minimum absolute atomic E-state index is 0.125. The number of nitrogens with one attached hydrogen (secondary N) is 1. The van der Waals surface area contributed by atoms with Crippen LogP contribution in [0.1, 0.15) is 36.3 Å². The van der Waals surface area contributed by atoms with Crippen molar-refractivity contribution in [1.29, 1.82) is 0 Å². The lowest BCUT2D eigenvalue weighted by Crippen LogP contribution is -2.27. The highest BCUT2D eigenvalue weighted by Crippen LogP contribution is 2.49. The third-order valence-corrected chi connectivity index (χ3v) is 6.03. The Kier molecular flexibility index (Phi) is 4.27. The van der Waals surface area contributed by atoms with E-state index in [9.17, 15) is 4.79 Å². The maximum absolute atomic E-state index is 13.1. The predicted molar refractivity (Wildman–Crippen MR) is 115 cm³/mol. The number of fused-ring (bicyclic) bond motifs is 3. The van der Waals surface area contributed by atoms with E-state index in [1.807, 2.05) is 18.2 Å². The molecule has 2 aliphatic rings. The second-order valence-electron chi connectivity index (χ2n) is 7.59. The second-order valence-corrected chi connectivity index (χ2v) is 7.59. The summed E-state index contributed by atoms with van der Waals surface area (Å²) in [4.78, 5) is 13.1.